The molecule has 9 amide bonds. The summed E-state index contributed by atoms with van der Waals surface area (Å²) < 4.78 is 29.7. The second kappa shape index (κ2) is 31.2. The Kier molecular flexibility index (Phi) is 23.0. The first-order chi connectivity index (χ1) is 44.2. The van der Waals surface area contributed by atoms with Crippen molar-refractivity contribution in [2.45, 2.75) is 144 Å². The predicted molar refractivity (Wildman–Crippen MR) is 347 cm³/mol. The molecule has 12 N–H and O–H groups in total. The molecule has 5 heterocycles. The number of hydrogen-bond donors (Lipinski definition) is 11. The zero-order valence-electron chi connectivity index (χ0n) is 51.7. The van der Waals surface area contributed by atoms with Gasteiger partial charge in [-0.3, -0.25) is 43.2 Å². The van der Waals surface area contributed by atoms with Crippen LogP contribution in [-0.2, 0) is 73.9 Å². The number of amides is 9. The average Bonchev–Trinajstić information content (AvgIpc) is 1.26. The van der Waals surface area contributed by atoms with Gasteiger partial charge in [0.1, 0.15) is 65.2 Å². The fourth-order valence-corrected chi connectivity index (χ4v) is 13.5. The third-order valence-electron chi connectivity index (χ3n) is 17.2. The average molecular weight is 1300 g/mol. The number of rotatable bonds is 10. The van der Waals surface area contributed by atoms with Gasteiger partial charge in [0.2, 0.25) is 53.2 Å². The van der Waals surface area contributed by atoms with E-state index in [2.05, 4.69) is 53.3 Å². The van der Waals surface area contributed by atoms with E-state index < -0.39 is 101 Å². The summed E-state index contributed by atoms with van der Waals surface area (Å²) in [5.74, 6) is -4.73. The second-order valence-electron chi connectivity index (χ2n) is 24.0. The number of aromatic amines is 2. The van der Waals surface area contributed by atoms with Crippen molar-refractivity contribution >= 4 is 98.5 Å². The molecule has 9 rings (SSSR count). The number of fused-ring (bicyclic) bond motifs is 6. The van der Waals surface area contributed by atoms with E-state index in [9.17, 15) is 47.4 Å². The monoisotopic (exact) mass is 1300 g/mol. The first-order valence-electron chi connectivity index (χ1n) is 31.1. The first-order valence-corrected chi connectivity index (χ1v) is 33.4. The highest BCUT2D eigenvalue weighted by Crippen LogP contribution is 2.32. The summed E-state index contributed by atoms with van der Waals surface area (Å²) in [5.41, 5.74) is 9.10. The van der Waals surface area contributed by atoms with Crippen LogP contribution in [0.4, 0.5) is 8.78 Å². The van der Waals surface area contributed by atoms with E-state index in [0.29, 0.717) is 100 Å². The molecule has 92 heavy (non-hydrogen) atoms. The first kappa shape index (κ1) is 67.9. The number of unbranched alkanes of at least 4 members (excludes halogenated alkanes) is 1. The Morgan fingerprint density at radius 3 is 1.82 bits per heavy atom. The van der Waals surface area contributed by atoms with Crippen LogP contribution in [0, 0.1) is 11.6 Å². The summed E-state index contributed by atoms with van der Waals surface area (Å²) in [5, 5.41) is 30.5. The van der Waals surface area contributed by atoms with Crippen molar-refractivity contribution in [3.63, 3.8) is 0 Å². The molecule has 2 saturated heterocycles. The maximum Gasteiger partial charge on any atom is 0.246 e. The Morgan fingerprint density at radius 1 is 0.620 bits per heavy atom. The molecule has 26 heteroatoms. The third-order valence-corrected chi connectivity index (χ3v) is 19.2. The molecule has 22 nitrogen and oxygen atoms in total. The van der Waals surface area contributed by atoms with Gasteiger partial charge in [-0.15, -0.1) is 0 Å². The number of nitrogens with zero attached hydrogens (tertiary/aromatic N) is 2. The maximum atomic E-state index is 15.1. The highest BCUT2D eigenvalue weighted by atomic mass is 32.2. The minimum Gasteiger partial charge on any atom is -0.508 e. The van der Waals surface area contributed by atoms with Gasteiger partial charge in [0.25, 0.3) is 0 Å². The fraction of sp³-hybridized carbons (Fsp3) is 0.439. The van der Waals surface area contributed by atoms with Gasteiger partial charge in [-0.2, -0.15) is 23.5 Å². The minimum atomic E-state index is -1.50. The molecule has 0 aliphatic carbocycles. The number of thioether (sulfide) groups is 2. The highest BCUT2D eigenvalue weighted by Gasteiger charge is 2.48. The van der Waals surface area contributed by atoms with Gasteiger partial charge >= 0.3 is 0 Å². The standard InChI is InChI=1S/C66H80F2N12O10S2/c1-38-58(83)76-53(30-43-34-71-50-17-13-45(67)32-48(43)50)61(86)78-55(31-44-35-72-51-18-14-46(68)33-49(44)51)63(88)79-25-19-56(79)62(87)74-39(2)59(84)77-54(29-40-11-15-47(81)16-12-40)64(89)80-24-7-21-66(80,3)65(90)70-23-27-92-37-42-9-6-8-41(28-42)36-91-26-20-57(82)75-52(60(85)73-38)10-4-5-22-69/h6,8-9,11-18,28,32-35,38-39,52-56,71-72,81H,4-5,7,10,19-27,29-31,36-37,69H2,1-3H3,(H,70,90)(H,73,85)(H,74,87)(H,75,82)(H,76,83)(H,77,84)(H,78,86)/t38-,39+,52+,53+,54+,55+,56+,66+/m1/s1. The van der Waals surface area contributed by atoms with Crippen molar-refractivity contribution in [1.82, 2.24) is 57.0 Å². The number of carbonyl (C=O) groups excluding carboxylic acids is 9. The van der Waals surface area contributed by atoms with Crippen LogP contribution in [0.15, 0.2) is 97.3 Å². The molecule has 0 radical (unpaired) electrons. The van der Waals surface area contributed by atoms with E-state index in [4.69, 9.17) is 5.73 Å². The highest BCUT2D eigenvalue weighted by molar-refractivity contribution is 7.98. The number of nitrogens with one attached hydrogen (secondary N) is 9. The number of aromatic nitrogens is 2. The van der Waals surface area contributed by atoms with Crippen molar-refractivity contribution in [3.8, 4) is 5.75 Å². The second-order valence-corrected chi connectivity index (χ2v) is 26.2. The number of hydrogen-bond acceptors (Lipinski definition) is 13. The summed E-state index contributed by atoms with van der Waals surface area (Å²) in [6.07, 6.45) is 4.93. The minimum absolute atomic E-state index is 0.0131. The maximum absolute atomic E-state index is 15.1. The molecular weight excluding hydrogens is 1220 g/mol. The third kappa shape index (κ3) is 17.2. The summed E-state index contributed by atoms with van der Waals surface area (Å²) in [6, 6.07) is 13.2. The van der Waals surface area contributed by atoms with E-state index in [1.165, 1.54) is 72.2 Å². The van der Waals surface area contributed by atoms with Crippen LogP contribution < -0.4 is 43.0 Å². The summed E-state index contributed by atoms with van der Waals surface area (Å²) >= 11 is 3.17. The van der Waals surface area contributed by atoms with E-state index >= 15 is 9.59 Å². The van der Waals surface area contributed by atoms with Crippen molar-refractivity contribution in [1.29, 1.82) is 0 Å². The van der Waals surface area contributed by atoms with Crippen LogP contribution in [-0.4, -0.2) is 164 Å². The van der Waals surface area contributed by atoms with Crippen LogP contribution in [0.25, 0.3) is 21.8 Å². The van der Waals surface area contributed by atoms with Crippen molar-refractivity contribution in [2.24, 2.45) is 5.73 Å². The lowest BCUT2D eigenvalue weighted by atomic mass is 9.95. The number of benzene rings is 4. The molecule has 0 saturated carbocycles. The lowest BCUT2D eigenvalue weighted by Gasteiger charge is -2.42. The Morgan fingerprint density at radius 2 is 1.20 bits per heavy atom. The topological polar surface area (TPSA) is 322 Å². The molecule has 490 valence electrons. The molecule has 0 unspecified atom stereocenters. The normalized spacial score (nSPS) is 24.5. The molecule has 2 bridgehead atoms. The molecule has 6 aromatic rings. The lowest BCUT2D eigenvalue weighted by Crippen LogP contribution is -2.65. The van der Waals surface area contributed by atoms with Crippen LogP contribution in [0.5, 0.6) is 5.75 Å². The van der Waals surface area contributed by atoms with E-state index in [0.717, 1.165) is 11.1 Å². The van der Waals surface area contributed by atoms with Gasteiger partial charge in [0.05, 0.1) is 0 Å². The van der Waals surface area contributed by atoms with Crippen LogP contribution in [0.1, 0.15) is 93.5 Å². The van der Waals surface area contributed by atoms with Gasteiger partial charge in [-0.05, 0) is 142 Å². The van der Waals surface area contributed by atoms with Crippen LogP contribution >= 0.6 is 23.5 Å². The molecule has 2 aromatic heterocycles. The number of aromatic hydroxyl groups is 1. The molecule has 3 aliphatic heterocycles. The molecular formula is C66H80F2N12O10S2. The number of nitrogens with two attached hydrogens (primary N) is 1. The summed E-state index contributed by atoms with van der Waals surface area (Å²) in [7, 11) is 0. The number of phenols is 1. The van der Waals surface area contributed by atoms with Gasteiger partial charge in [-0.1, -0.05) is 36.4 Å². The molecule has 0 spiro atoms. The molecule has 2 fully saturated rings. The van der Waals surface area contributed by atoms with Crippen molar-refractivity contribution in [2.75, 3.05) is 37.7 Å². The largest absolute Gasteiger partial charge is 0.508 e. The SMILES string of the molecule is C[C@@H]1NC(=O)[C@@H]2CCN2C(=O)[C@H](Cc2c[nH]c3ccc(F)cc23)NC(=O)[C@H](Cc2c[nH]c3ccc(F)cc23)NC(=O)[C@@H](C)NC(=O)[C@H](CCCCN)NC(=O)CCSCc2cccc(c2)CSCCNC(=O)[C@]2(C)CCCN2C(=O)[C@H](Cc2ccc(O)cc2)NC1=O. The zero-order chi connectivity index (χ0) is 65.6. The van der Waals surface area contributed by atoms with Crippen LogP contribution in [0.2, 0.25) is 0 Å². The Balaban J connectivity index is 0.998. The lowest BCUT2D eigenvalue weighted by molar-refractivity contribution is -0.150. The van der Waals surface area contributed by atoms with Crippen molar-refractivity contribution in [3.05, 3.63) is 137 Å². The summed E-state index contributed by atoms with van der Waals surface area (Å²) in [4.78, 5) is 138. The number of H-pyrrole nitrogens is 2. The molecule has 4 aromatic carbocycles. The van der Waals surface area contributed by atoms with Gasteiger partial charge in [0.15, 0.2) is 0 Å². The fourth-order valence-electron chi connectivity index (χ4n) is 11.9. The van der Waals surface area contributed by atoms with E-state index in [1.54, 1.807) is 55.0 Å². The Hall–Kier alpha value is -8.49. The van der Waals surface area contributed by atoms with Gasteiger partial charge in [0, 0.05) is 103 Å². The van der Waals surface area contributed by atoms with Gasteiger partial charge < -0.3 is 67.8 Å². The number of carbonyl (C=O) groups is 9. The Labute approximate surface area is 540 Å². The zero-order valence-corrected chi connectivity index (χ0v) is 53.3. The molecule has 3 aliphatic rings. The van der Waals surface area contributed by atoms with E-state index in [-0.39, 0.29) is 69.2 Å². The smallest absolute Gasteiger partial charge is 0.246 e. The van der Waals surface area contributed by atoms with Gasteiger partial charge in [-0.25, -0.2) is 8.78 Å². The quantitative estimate of drug-likeness (QED) is 0.0849. The number of phenolic OH excluding ortho intramolecular Hbond substituents is 1. The molecule has 8 atom stereocenters. The van der Waals surface area contributed by atoms with Crippen molar-refractivity contribution < 1.29 is 57.0 Å². The van der Waals surface area contributed by atoms with E-state index in [1.807, 2.05) is 18.2 Å². The van der Waals surface area contributed by atoms with Crippen LogP contribution in [0.3, 0.4) is 0 Å². The Bertz CT molecular complexity index is 3680. The predicted octanol–water partition coefficient (Wildman–Crippen LogP) is 4.41. The summed E-state index contributed by atoms with van der Waals surface area (Å²) in [6.45, 7) is 5.45. The number of halogens is 2.